The Morgan fingerprint density at radius 2 is 2.28 bits per heavy atom. The number of aromatic nitrogens is 2. The topological polar surface area (TPSA) is 101 Å². The van der Waals surface area contributed by atoms with Crippen molar-refractivity contribution < 1.29 is 13.5 Å². The smallest absolute Gasteiger partial charge is 0.262 e. The molecule has 2 heterocycles. The predicted octanol–water partition coefficient (Wildman–Crippen LogP) is -0.606. The number of anilines is 1. The summed E-state index contributed by atoms with van der Waals surface area (Å²) >= 11 is 0. The third-order valence-corrected chi connectivity index (χ3v) is 5.36. The van der Waals surface area contributed by atoms with Gasteiger partial charge in [-0.15, -0.1) is 0 Å². The molecule has 1 saturated heterocycles. The minimum absolute atomic E-state index is 0.0120. The molecule has 102 valence electrons. The number of hydrogen-bond donors (Lipinski definition) is 2. The summed E-state index contributed by atoms with van der Waals surface area (Å²) in [5.74, 6) is -0.00720. The van der Waals surface area contributed by atoms with Crippen molar-refractivity contribution in [3.63, 3.8) is 0 Å². The Bertz CT molecular complexity index is 518. The zero-order chi connectivity index (χ0) is 13.5. The second-order valence-electron chi connectivity index (χ2n) is 4.70. The quantitative estimate of drug-likeness (QED) is 0.766. The molecule has 1 aromatic heterocycles. The third-order valence-electron chi connectivity index (χ3n) is 3.36. The van der Waals surface area contributed by atoms with Gasteiger partial charge in [-0.05, 0) is 19.3 Å². The molecule has 3 N–H and O–H groups in total. The average Bonchev–Trinajstić information content (AvgIpc) is 2.85. The van der Waals surface area contributed by atoms with E-state index in [2.05, 4.69) is 4.98 Å². The van der Waals surface area contributed by atoms with Gasteiger partial charge in [0.2, 0.25) is 0 Å². The Labute approximate surface area is 106 Å². The first-order valence-electron chi connectivity index (χ1n) is 5.79. The lowest BCUT2D eigenvalue weighted by atomic mass is 10.0. The third kappa shape index (κ3) is 2.11. The van der Waals surface area contributed by atoms with E-state index in [-0.39, 0.29) is 16.8 Å². The van der Waals surface area contributed by atoms with Crippen molar-refractivity contribution in [3.05, 3.63) is 6.33 Å². The first-order valence-corrected chi connectivity index (χ1v) is 7.23. The predicted molar refractivity (Wildman–Crippen MR) is 66.2 cm³/mol. The summed E-state index contributed by atoms with van der Waals surface area (Å²) in [6.07, 6.45) is 1.54. The Morgan fingerprint density at radius 1 is 1.61 bits per heavy atom. The van der Waals surface area contributed by atoms with Gasteiger partial charge in [-0.1, -0.05) is 0 Å². The number of nitrogens with two attached hydrogens (primary N) is 1. The molecule has 2 atom stereocenters. The molecular weight excluding hydrogens is 256 g/mol. The van der Waals surface area contributed by atoms with Gasteiger partial charge in [-0.3, -0.25) is 0 Å². The minimum atomic E-state index is -3.63. The van der Waals surface area contributed by atoms with Crippen molar-refractivity contribution in [1.82, 2.24) is 13.9 Å². The van der Waals surface area contributed by atoms with Crippen LogP contribution in [-0.4, -0.2) is 46.6 Å². The summed E-state index contributed by atoms with van der Waals surface area (Å²) < 4.78 is 27.6. The highest BCUT2D eigenvalue weighted by molar-refractivity contribution is 7.89. The Kier molecular flexibility index (Phi) is 3.35. The fraction of sp³-hybridized carbons (Fsp3) is 0.700. The molecule has 1 aliphatic heterocycles. The molecule has 0 aliphatic carbocycles. The number of rotatable bonds is 3. The number of nitrogens with zero attached hydrogens (tertiary/aromatic N) is 3. The maximum atomic E-state index is 12.4. The molecule has 1 aromatic rings. The van der Waals surface area contributed by atoms with Crippen LogP contribution in [0.15, 0.2) is 11.4 Å². The number of aryl methyl sites for hydroxylation is 1. The summed E-state index contributed by atoms with van der Waals surface area (Å²) in [5.41, 5.74) is 5.60. The molecule has 2 unspecified atom stereocenters. The number of nitrogen functional groups attached to an aromatic ring is 1. The fourth-order valence-electron chi connectivity index (χ4n) is 2.24. The number of sulfonamides is 1. The Balaban J connectivity index is 2.29. The largest absolute Gasteiger partial charge is 0.393 e. The Morgan fingerprint density at radius 3 is 2.72 bits per heavy atom. The molecule has 2 rings (SSSR count). The van der Waals surface area contributed by atoms with Gasteiger partial charge >= 0.3 is 0 Å². The van der Waals surface area contributed by atoms with E-state index in [1.54, 1.807) is 14.0 Å². The van der Waals surface area contributed by atoms with Crippen molar-refractivity contribution in [2.45, 2.75) is 24.5 Å². The standard InChI is InChI=1S/C10H18N4O3S/c1-7(15)8-3-4-14(5-8)18(16,17)10-9(11)12-6-13(10)2/h6-8,15H,3-5,11H2,1-2H3. The summed E-state index contributed by atoms with van der Waals surface area (Å²) in [4.78, 5) is 3.79. The maximum absolute atomic E-state index is 12.4. The van der Waals surface area contributed by atoms with Gasteiger partial charge in [0.1, 0.15) is 0 Å². The monoisotopic (exact) mass is 274 g/mol. The van der Waals surface area contributed by atoms with Crippen LogP contribution in [0.2, 0.25) is 0 Å². The second-order valence-corrected chi connectivity index (χ2v) is 6.55. The van der Waals surface area contributed by atoms with Crippen molar-refractivity contribution in [2.24, 2.45) is 13.0 Å². The first-order chi connectivity index (χ1) is 8.34. The molecule has 0 aromatic carbocycles. The molecule has 1 aliphatic rings. The van der Waals surface area contributed by atoms with E-state index in [4.69, 9.17) is 5.73 Å². The summed E-state index contributed by atoms with van der Waals surface area (Å²) in [7, 11) is -2.03. The van der Waals surface area contributed by atoms with E-state index in [0.717, 1.165) is 0 Å². The van der Waals surface area contributed by atoms with E-state index in [0.29, 0.717) is 19.5 Å². The van der Waals surface area contributed by atoms with E-state index < -0.39 is 16.1 Å². The van der Waals surface area contributed by atoms with Crippen LogP contribution in [0.25, 0.3) is 0 Å². The van der Waals surface area contributed by atoms with E-state index in [1.807, 2.05) is 0 Å². The molecule has 1 fully saturated rings. The van der Waals surface area contributed by atoms with E-state index in [1.165, 1.54) is 15.2 Å². The normalized spacial score (nSPS) is 23.4. The van der Waals surface area contributed by atoms with Gasteiger partial charge in [0, 0.05) is 20.1 Å². The van der Waals surface area contributed by atoms with Crippen LogP contribution < -0.4 is 5.73 Å². The molecule has 0 saturated carbocycles. The highest BCUT2D eigenvalue weighted by Gasteiger charge is 2.37. The molecule has 0 amide bonds. The highest BCUT2D eigenvalue weighted by Crippen LogP contribution is 2.28. The molecule has 7 nitrogen and oxygen atoms in total. The Hall–Kier alpha value is -1.12. The van der Waals surface area contributed by atoms with Crippen molar-refractivity contribution >= 4 is 15.8 Å². The van der Waals surface area contributed by atoms with Gasteiger partial charge in [0.05, 0.1) is 12.4 Å². The summed E-state index contributed by atoms with van der Waals surface area (Å²) in [5, 5.41) is 9.53. The molecule has 0 radical (unpaired) electrons. The first kappa shape index (κ1) is 13.3. The lowest BCUT2D eigenvalue weighted by molar-refractivity contribution is 0.133. The van der Waals surface area contributed by atoms with Gasteiger partial charge in [0.25, 0.3) is 10.0 Å². The van der Waals surface area contributed by atoms with E-state index in [9.17, 15) is 13.5 Å². The SMILES string of the molecule is CC(O)C1CCN(S(=O)(=O)c2c(N)ncn2C)C1. The number of imidazole rings is 1. The minimum Gasteiger partial charge on any atom is -0.393 e. The van der Waals surface area contributed by atoms with Gasteiger partial charge < -0.3 is 15.4 Å². The van der Waals surface area contributed by atoms with Crippen LogP contribution in [0.1, 0.15) is 13.3 Å². The van der Waals surface area contributed by atoms with Gasteiger partial charge in [-0.25, -0.2) is 13.4 Å². The summed E-state index contributed by atoms with van der Waals surface area (Å²) in [6.45, 7) is 2.41. The molecule has 8 heteroatoms. The van der Waals surface area contributed by atoms with Crippen LogP contribution >= 0.6 is 0 Å². The highest BCUT2D eigenvalue weighted by atomic mass is 32.2. The molecular formula is C10H18N4O3S. The van der Waals surface area contributed by atoms with E-state index >= 15 is 0 Å². The molecule has 0 bridgehead atoms. The van der Waals surface area contributed by atoms with Crippen molar-refractivity contribution in [3.8, 4) is 0 Å². The lowest BCUT2D eigenvalue weighted by Crippen LogP contribution is -2.32. The lowest BCUT2D eigenvalue weighted by Gasteiger charge is -2.18. The zero-order valence-electron chi connectivity index (χ0n) is 10.4. The number of aliphatic hydroxyl groups is 1. The number of hydrogen-bond acceptors (Lipinski definition) is 5. The number of aliphatic hydroxyl groups excluding tert-OH is 1. The zero-order valence-corrected chi connectivity index (χ0v) is 11.3. The summed E-state index contributed by atoms with van der Waals surface area (Å²) in [6, 6.07) is 0. The van der Waals surface area contributed by atoms with Crippen LogP contribution in [0.3, 0.4) is 0 Å². The second kappa shape index (κ2) is 4.52. The van der Waals surface area contributed by atoms with Crippen molar-refractivity contribution in [1.29, 1.82) is 0 Å². The average molecular weight is 274 g/mol. The van der Waals surface area contributed by atoms with Gasteiger partial charge in [0.15, 0.2) is 10.8 Å². The van der Waals surface area contributed by atoms with Crippen LogP contribution in [0, 0.1) is 5.92 Å². The van der Waals surface area contributed by atoms with Gasteiger partial charge in [-0.2, -0.15) is 4.31 Å². The maximum Gasteiger partial charge on any atom is 0.262 e. The fourth-order valence-corrected chi connectivity index (χ4v) is 3.95. The van der Waals surface area contributed by atoms with Crippen LogP contribution in [0.4, 0.5) is 5.82 Å². The van der Waals surface area contributed by atoms with Crippen LogP contribution in [-0.2, 0) is 17.1 Å². The van der Waals surface area contributed by atoms with Crippen molar-refractivity contribution in [2.75, 3.05) is 18.8 Å². The van der Waals surface area contributed by atoms with Crippen LogP contribution in [0.5, 0.6) is 0 Å². The molecule has 0 spiro atoms. The molecule has 18 heavy (non-hydrogen) atoms.